The van der Waals surface area contributed by atoms with Crippen LogP contribution in [0.1, 0.15) is 77.6 Å². The molecule has 112 valence electrons. The lowest BCUT2D eigenvalue weighted by atomic mass is 10.1. The Morgan fingerprint density at radius 2 is 1.53 bits per heavy atom. The van der Waals surface area contributed by atoms with Gasteiger partial charge in [-0.05, 0) is 6.42 Å². The average molecular weight is 269 g/mol. The molecular formula is C16H31NO2. The largest absolute Gasteiger partial charge is 0.391 e. The fourth-order valence-corrected chi connectivity index (χ4v) is 2.76. The van der Waals surface area contributed by atoms with Crippen LogP contribution in [0, 0.1) is 0 Å². The normalized spacial score (nSPS) is 19.4. The van der Waals surface area contributed by atoms with E-state index in [4.69, 9.17) is 0 Å². The van der Waals surface area contributed by atoms with Gasteiger partial charge in [0, 0.05) is 13.1 Å². The first-order valence-corrected chi connectivity index (χ1v) is 8.20. The molecule has 1 aliphatic heterocycles. The van der Waals surface area contributed by atoms with Gasteiger partial charge in [-0.25, -0.2) is 0 Å². The van der Waals surface area contributed by atoms with Gasteiger partial charge in [-0.1, -0.05) is 64.7 Å². The molecular weight excluding hydrogens is 238 g/mol. The quantitative estimate of drug-likeness (QED) is 0.583. The highest BCUT2D eigenvalue weighted by atomic mass is 16.3. The van der Waals surface area contributed by atoms with Gasteiger partial charge in [-0.3, -0.25) is 4.79 Å². The second-order valence-corrected chi connectivity index (χ2v) is 5.88. The Morgan fingerprint density at radius 3 is 2.00 bits per heavy atom. The summed E-state index contributed by atoms with van der Waals surface area (Å²) in [6.45, 7) is 3.65. The van der Waals surface area contributed by atoms with Crippen molar-refractivity contribution in [1.29, 1.82) is 0 Å². The Balaban J connectivity index is 1.82. The lowest BCUT2D eigenvalue weighted by Gasteiger charge is -2.15. The number of β-amino-alcohol motifs (C(OH)–C–C–N with tert-alkyl or cyclic N) is 1. The smallest absolute Gasteiger partial charge is 0.225 e. The maximum atomic E-state index is 11.4. The summed E-state index contributed by atoms with van der Waals surface area (Å²) >= 11 is 0. The van der Waals surface area contributed by atoms with Crippen molar-refractivity contribution in [2.75, 3.05) is 13.1 Å². The molecule has 0 aliphatic carbocycles. The van der Waals surface area contributed by atoms with Crippen LogP contribution < -0.4 is 0 Å². The average Bonchev–Trinajstić information content (AvgIpc) is 2.70. The van der Waals surface area contributed by atoms with Crippen molar-refractivity contribution in [3.05, 3.63) is 0 Å². The van der Waals surface area contributed by atoms with E-state index in [2.05, 4.69) is 6.92 Å². The zero-order chi connectivity index (χ0) is 13.9. The van der Waals surface area contributed by atoms with E-state index >= 15 is 0 Å². The molecule has 1 fully saturated rings. The van der Waals surface area contributed by atoms with Gasteiger partial charge >= 0.3 is 0 Å². The number of unbranched alkanes of at least 4 members (excludes halogenated alkanes) is 9. The summed E-state index contributed by atoms with van der Waals surface area (Å²) in [5, 5.41) is 9.37. The number of likely N-dealkylation sites (tertiary alicyclic amines) is 1. The van der Waals surface area contributed by atoms with Gasteiger partial charge in [0.05, 0.1) is 12.5 Å². The fraction of sp³-hybridized carbons (Fsp3) is 0.938. The SMILES string of the molecule is CCCCCCCCCCCCN1CC(O)CC1=O. The first-order chi connectivity index (χ1) is 9.24. The number of aliphatic hydroxyl groups is 1. The molecule has 1 amide bonds. The molecule has 0 aromatic heterocycles. The summed E-state index contributed by atoms with van der Waals surface area (Å²) in [5.41, 5.74) is 0. The van der Waals surface area contributed by atoms with E-state index < -0.39 is 6.10 Å². The third kappa shape index (κ3) is 7.56. The Kier molecular flexibility index (Phi) is 8.89. The summed E-state index contributed by atoms with van der Waals surface area (Å²) in [6, 6.07) is 0. The maximum Gasteiger partial charge on any atom is 0.225 e. The highest BCUT2D eigenvalue weighted by molar-refractivity contribution is 5.78. The van der Waals surface area contributed by atoms with Crippen molar-refractivity contribution >= 4 is 5.91 Å². The molecule has 1 rings (SSSR count). The number of nitrogens with zero attached hydrogens (tertiary/aromatic N) is 1. The minimum atomic E-state index is -0.421. The molecule has 0 radical (unpaired) electrons. The van der Waals surface area contributed by atoms with Gasteiger partial charge in [0.25, 0.3) is 0 Å². The molecule has 1 N–H and O–H groups in total. The molecule has 0 spiro atoms. The zero-order valence-corrected chi connectivity index (χ0v) is 12.6. The summed E-state index contributed by atoms with van der Waals surface area (Å²) in [5.74, 6) is 0.128. The Labute approximate surface area is 118 Å². The van der Waals surface area contributed by atoms with Crippen LogP contribution in [0.2, 0.25) is 0 Å². The van der Waals surface area contributed by atoms with Crippen molar-refractivity contribution in [2.45, 2.75) is 83.7 Å². The maximum absolute atomic E-state index is 11.4. The van der Waals surface area contributed by atoms with Crippen LogP contribution in [-0.4, -0.2) is 35.1 Å². The van der Waals surface area contributed by atoms with E-state index in [0.717, 1.165) is 13.0 Å². The summed E-state index contributed by atoms with van der Waals surface area (Å²) in [6.07, 6.45) is 13.1. The standard InChI is InChI=1S/C16H31NO2/c1-2-3-4-5-6-7-8-9-10-11-12-17-14-15(18)13-16(17)19/h15,18H,2-14H2,1H3. The molecule has 19 heavy (non-hydrogen) atoms. The molecule has 1 saturated heterocycles. The van der Waals surface area contributed by atoms with Crippen molar-refractivity contribution in [1.82, 2.24) is 4.90 Å². The molecule has 3 heteroatoms. The number of rotatable bonds is 11. The lowest BCUT2D eigenvalue weighted by molar-refractivity contribution is -0.127. The van der Waals surface area contributed by atoms with Crippen LogP contribution >= 0.6 is 0 Å². The molecule has 1 atom stereocenters. The third-order valence-corrected chi connectivity index (χ3v) is 3.98. The van der Waals surface area contributed by atoms with Crippen LogP contribution in [-0.2, 0) is 4.79 Å². The second kappa shape index (κ2) is 10.2. The number of carbonyl (C=O) groups excluding carboxylic acids is 1. The van der Waals surface area contributed by atoms with Crippen LogP contribution in [0.25, 0.3) is 0 Å². The highest BCUT2D eigenvalue weighted by Crippen LogP contribution is 2.14. The Hall–Kier alpha value is -0.570. The van der Waals surface area contributed by atoms with Crippen LogP contribution in [0.15, 0.2) is 0 Å². The summed E-state index contributed by atoms with van der Waals surface area (Å²) in [4.78, 5) is 13.3. The lowest BCUT2D eigenvalue weighted by Crippen LogP contribution is -2.26. The van der Waals surface area contributed by atoms with E-state index in [-0.39, 0.29) is 5.91 Å². The molecule has 0 saturated carbocycles. The van der Waals surface area contributed by atoms with E-state index in [1.807, 2.05) is 4.90 Å². The van der Waals surface area contributed by atoms with Crippen molar-refractivity contribution in [2.24, 2.45) is 0 Å². The van der Waals surface area contributed by atoms with Crippen molar-refractivity contribution in [3.63, 3.8) is 0 Å². The van der Waals surface area contributed by atoms with Gasteiger partial charge in [-0.15, -0.1) is 0 Å². The van der Waals surface area contributed by atoms with Gasteiger partial charge in [0.15, 0.2) is 0 Å². The molecule has 0 aromatic carbocycles. The van der Waals surface area contributed by atoms with E-state index in [0.29, 0.717) is 13.0 Å². The fourth-order valence-electron chi connectivity index (χ4n) is 2.76. The first kappa shape index (κ1) is 16.5. The number of hydrogen-bond acceptors (Lipinski definition) is 2. The molecule has 1 heterocycles. The van der Waals surface area contributed by atoms with Crippen LogP contribution in [0.5, 0.6) is 0 Å². The monoisotopic (exact) mass is 269 g/mol. The van der Waals surface area contributed by atoms with Crippen LogP contribution in [0.3, 0.4) is 0 Å². The number of aliphatic hydroxyl groups excluding tert-OH is 1. The molecule has 3 nitrogen and oxygen atoms in total. The molecule has 1 unspecified atom stereocenters. The minimum Gasteiger partial charge on any atom is -0.391 e. The number of hydrogen-bond donors (Lipinski definition) is 1. The first-order valence-electron chi connectivity index (χ1n) is 8.20. The minimum absolute atomic E-state index is 0.128. The summed E-state index contributed by atoms with van der Waals surface area (Å²) < 4.78 is 0. The van der Waals surface area contributed by atoms with E-state index in [1.165, 1.54) is 57.8 Å². The number of carbonyl (C=O) groups is 1. The predicted octanol–water partition coefficient (Wildman–Crippen LogP) is 3.50. The van der Waals surface area contributed by atoms with Gasteiger partial charge < -0.3 is 10.0 Å². The van der Waals surface area contributed by atoms with E-state index in [9.17, 15) is 9.90 Å². The highest BCUT2D eigenvalue weighted by Gasteiger charge is 2.26. The second-order valence-electron chi connectivity index (χ2n) is 5.88. The Morgan fingerprint density at radius 1 is 1.00 bits per heavy atom. The predicted molar refractivity (Wildman–Crippen MR) is 79.0 cm³/mol. The van der Waals surface area contributed by atoms with Crippen molar-refractivity contribution < 1.29 is 9.90 Å². The zero-order valence-electron chi connectivity index (χ0n) is 12.6. The third-order valence-electron chi connectivity index (χ3n) is 3.98. The Bertz CT molecular complexity index is 243. The van der Waals surface area contributed by atoms with Gasteiger partial charge in [-0.2, -0.15) is 0 Å². The molecule has 0 aromatic rings. The van der Waals surface area contributed by atoms with Crippen molar-refractivity contribution in [3.8, 4) is 0 Å². The van der Waals surface area contributed by atoms with Crippen LogP contribution in [0.4, 0.5) is 0 Å². The van der Waals surface area contributed by atoms with E-state index in [1.54, 1.807) is 0 Å². The van der Waals surface area contributed by atoms with Gasteiger partial charge in [0.2, 0.25) is 5.91 Å². The van der Waals surface area contributed by atoms with Gasteiger partial charge in [0.1, 0.15) is 0 Å². The number of amides is 1. The molecule has 0 bridgehead atoms. The topological polar surface area (TPSA) is 40.5 Å². The summed E-state index contributed by atoms with van der Waals surface area (Å²) in [7, 11) is 0. The molecule has 1 aliphatic rings.